The highest BCUT2D eigenvalue weighted by Gasteiger charge is 2.28. The maximum absolute atomic E-state index is 12.1. The molecule has 0 saturated carbocycles. The third kappa shape index (κ3) is 2.96. The van der Waals surface area contributed by atoms with Crippen LogP contribution in [0.5, 0.6) is 5.75 Å². The number of hydrogen-bond acceptors (Lipinski definition) is 4. The number of carbonyl (C=O) groups is 1. The molecule has 2 heterocycles. The van der Waals surface area contributed by atoms with Crippen LogP contribution in [0.4, 0.5) is 5.69 Å². The number of nitrogens with zero attached hydrogens (tertiary/aromatic N) is 1. The zero-order chi connectivity index (χ0) is 15.5. The standard InChI is InChI=1S/C17H24N2O3/c1-2-8-19-14-9-12(5-6-15(14)22-11-16(19)20)17(21)13-4-3-7-18-10-13/h5-6,9,13,17-18,21H,2-4,7-8,10-11H2,1H3. The van der Waals surface area contributed by atoms with Gasteiger partial charge in [0.25, 0.3) is 5.91 Å². The molecule has 5 heteroatoms. The minimum atomic E-state index is -0.501. The molecule has 1 amide bonds. The lowest BCUT2D eigenvalue weighted by Gasteiger charge is -2.31. The molecule has 0 aliphatic carbocycles. The van der Waals surface area contributed by atoms with Crippen LogP contribution in [0.3, 0.4) is 0 Å². The van der Waals surface area contributed by atoms with Crippen LogP contribution in [0, 0.1) is 5.92 Å². The number of anilines is 1. The molecule has 0 bridgehead atoms. The highest BCUT2D eigenvalue weighted by molar-refractivity contribution is 5.97. The van der Waals surface area contributed by atoms with Gasteiger partial charge in [0.2, 0.25) is 0 Å². The van der Waals surface area contributed by atoms with Crippen LogP contribution < -0.4 is 15.0 Å². The molecule has 0 spiro atoms. The number of aliphatic hydroxyl groups excluding tert-OH is 1. The van der Waals surface area contributed by atoms with Gasteiger partial charge in [-0.1, -0.05) is 13.0 Å². The van der Waals surface area contributed by atoms with Gasteiger partial charge in [0.05, 0.1) is 11.8 Å². The Balaban J connectivity index is 1.86. The number of piperidine rings is 1. The van der Waals surface area contributed by atoms with Gasteiger partial charge in [-0.05, 0) is 43.5 Å². The van der Waals surface area contributed by atoms with Crippen molar-refractivity contribution in [2.75, 3.05) is 31.1 Å². The molecular formula is C17H24N2O3. The number of carbonyl (C=O) groups excluding carboxylic acids is 1. The van der Waals surface area contributed by atoms with Gasteiger partial charge in [0.1, 0.15) is 5.75 Å². The molecule has 5 nitrogen and oxygen atoms in total. The summed E-state index contributed by atoms with van der Waals surface area (Å²) in [6.45, 7) is 4.70. The lowest BCUT2D eigenvalue weighted by atomic mass is 9.89. The van der Waals surface area contributed by atoms with Crippen LogP contribution in [0.2, 0.25) is 0 Å². The summed E-state index contributed by atoms with van der Waals surface area (Å²) in [6, 6.07) is 5.71. The first-order valence-corrected chi connectivity index (χ1v) is 8.16. The summed E-state index contributed by atoms with van der Waals surface area (Å²) >= 11 is 0. The van der Waals surface area contributed by atoms with E-state index in [0.29, 0.717) is 6.54 Å². The van der Waals surface area contributed by atoms with E-state index in [1.165, 1.54) is 0 Å². The Bertz CT molecular complexity index is 541. The third-order valence-electron chi connectivity index (χ3n) is 4.50. The van der Waals surface area contributed by atoms with Crippen molar-refractivity contribution in [1.82, 2.24) is 5.32 Å². The molecule has 2 atom stereocenters. The molecule has 2 N–H and O–H groups in total. The predicted octanol–water partition coefficient (Wildman–Crippen LogP) is 1.85. The maximum Gasteiger partial charge on any atom is 0.265 e. The average Bonchev–Trinajstić information content (AvgIpc) is 2.57. The number of nitrogens with one attached hydrogen (secondary N) is 1. The van der Waals surface area contributed by atoms with Gasteiger partial charge in [0.15, 0.2) is 6.61 Å². The summed E-state index contributed by atoms with van der Waals surface area (Å²) in [7, 11) is 0. The average molecular weight is 304 g/mol. The van der Waals surface area contributed by atoms with E-state index in [9.17, 15) is 9.90 Å². The van der Waals surface area contributed by atoms with Gasteiger partial charge in [-0.25, -0.2) is 0 Å². The largest absolute Gasteiger partial charge is 0.482 e. The monoisotopic (exact) mass is 304 g/mol. The van der Waals surface area contributed by atoms with Gasteiger partial charge >= 0.3 is 0 Å². The maximum atomic E-state index is 12.1. The zero-order valence-corrected chi connectivity index (χ0v) is 13.0. The van der Waals surface area contributed by atoms with Crippen LogP contribution in [0.1, 0.15) is 37.9 Å². The second kappa shape index (κ2) is 6.67. The smallest absolute Gasteiger partial charge is 0.265 e. The Morgan fingerprint density at radius 3 is 3.09 bits per heavy atom. The fourth-order valence-electron chi connectivity index (χ4n) is 3.29. The number of rotatable bonds is 4. The molecule has 22 heavy (non-hydrogen) atoms. The van der Waals surface area contributed by atoms with Gasteiger partial charge in [-0.2, -0.15) is 0 Å². The molecule has 3 rings (SSSR count). The van der Waals surface area contributed by atoms with Gasteiger partial charge in [-0.3, -0.25) is 4.79 Å². The molecule has 1 fully saturated rings. The first-order valence-electron chi connectivity index (χ1n) is 8.16. The van der Waals surface area contributed by atoms with Gasteiger partial charge < -0.3 is 20.1 Å². The molecule has 0 aromatic heterocycles. The molecule has 1 saturated heterocycles. The molecule has 1 aromatic carbocycles. The van der Waals surface area contributed by atoms with Crippen molar-refractivity contribution < 1.29 is 14.6 Å². The zero-order valence-electron chi connectivity index (χ0n) is 13.0. The summed E-state index contributed by atoms with van der Waals surface area (Å²) in [5, 5.41) is 14.0. The molecule has 2 unspecified atom stereocenters. The molecule has 2 aliphatic heterocycles. The fourth-order valence-corrected chi connectivity index (χ4v) is 3.29. The van der Waals surface area contributed by atoms with Crippen molar-refractivity contribution in [2.24, 2.45) is 5.92 Å². The second-order valence-corrected chi connectivity index (χ2v) is 6.11. The number of amides is 1. The topological polar surface area (TPSA) is 61.8 Å². The lowest BCUT2D eigenvalue weighted by molar-refractivity contribution is -0.121. The fraction of sp³-hybridized carbons (Fsp3) is 0.588. The van der Waals surface area contributed by atoms with Crippen LogP contribution in [0.15, 0.2) is 18.2 Å². The van der Waals surface area contributed by atoms with Crippen molar-refractivity contribution in [2.45, 2.75) is 32.3 Å². The van der Waals surface area contributed by atoms with Gasteiger partial charge in [-0.15, -0.1) is 0 Å². The van der Waals surface area contributed by atoms with E-state index >= 15 is 0 Å². The Morgan fingerprint density at radius 1 is 1.50 bits per heavy atom. The van der Waals surface area contributed by atoms with Crippen molar-refractivity contribution in [1.29, 1.82) is 0 Å². The summed E-state index contributed by atoms with van der Waals surface area (Å²) in [6.07, 6.45) is 2.51. The summed E-state index contributed by atoms with van der Waals surface area (Å²) in [5.41, 5.74) is 1.66. The predicted molar refractivity (Wildman–Crippen MR) is 85.1 cm³/mol. The molecular weight excluding hydrogens is 280 g/mol. The number of fused-ring (bicyclic) bond motifs is 1. The number of hydrogen-bond donors (Lipinski definition) is 2. The third-order valence-corrected chi connectivity index (χ3v) is 4.50. The number of ether oxygens (including phenoxy) is 1. The SMILES string of the molecule is CCCN1C(=O)COc2ccc(C(O)C3CCCNC3)cc21. The van der Waals surface area contributed by atoms with Crippen LogP contribution >= 0.6 is 0 Å². The quantitative estimate of drug-likeness (QED) is 0.891. The van der Waals surface area contributed by atoms with Crippen molar-refractivity contribution in [3.8, 4) is 5.75 Å². The Labute approximate surface area is 131 Å². The lowest BCUT2D eigenvalue weighted by Crippen LogP contribution is -2.39. The highest BCUT2D eigenvalue weighted by atomic mass is 16.5. The van der Waals surface area contributed by atoms with Crippen molar-refractivity contribution in [3.63, 3.8) is 0 Å². The van der Waals surface area contributed by atoms with E-state index in [1.54, 1.807) is 4.90 Å². The van der Waals surface area contributed by atoms with E-state index in [1.807, 2.05) is 18.2 Å². The minimum Gasteiger partial charge on any atom is -0.482 e. The van der Waals surface area contributed by atoms with E-state index in [0.717, 1.165) is 49.4 Å². The summed E-state index contributed by atoms with van der Waals surface area (Å²) in [4.78, 5) is 13.8. The van der Waals surface area contributed by atoms with E-state index in [4.69, 9.17) is 4.74 Å². The van der Waals surface area contributed by atoms with E-state index in [-0.39, 0.29) is 18.4 Å². The number of benzene rings is 1. The Morgan fingerprint density at radius 2 is 2.36 bits per heavy atom. The normalized spacial score (nSPS) is 22.9. The highest BCUT2D eigenvalue weighted by Crippen LogP contribution is 2.36. The van der Waals surface area contributed by atoms with Gasteiger partial charge in [0, 0.05) is 19.0 Å². The molecule has 1 aromatic rings. The van der Waals surface area contributed by atoms with E-state index in [2.05, 4.69) is 12.2 Å². The second-order valence-electron chi connectivity index (χ2n) is 6.11. The molecule has 0 radical (unpaired) electrons. The molecule has 2 aliphatic rings. The summed E-state index contributed by atoms with van der Waals surface area (Å²) < 4.78 is 5.51. The summed E-state index contributed by atoms with van der Waals surface area (Å²) in [5.74, 6) is 0.942. The first kappa shape index (κ1) is 15.3. The van der Waals surface area contributed by atoms with Crippen LogP contribution in [-0.4, -0.2) is 37.3 Å². The Hall–Kier alpha value is -1.59. The van der Waals surface area contributed by atoms with Crippen LogP contribution in [0.25, 0.3) is 0 Å². The first-order chi connectivity index (χ1) is 10.7. The molecule has 120 valence electrons. The van der Waals surface area contributed by atoms with E-state index < -0.39 is 6.10 Å². The van der Waals surface area contributed by atoms with Crippen molar-refractivity contribution in [3.05, 3.63) is 23.8 Å². The van der Waals surface area contributed by atoms with Crippen LogP contribution in [-0.2, 0) is 4.79 Å². The Kier molecular flexibility index (Phi) is 4.64. The number of aliphatic hydroxyl groups is 1. The minimum absolute atomic E-state index is 0.0136. The van der Waals surface area contributed by atoms with Crippen molar-refractivity contribution >= 4 is 11.6 Å².